The number of pyridine rings is 1. The van der Waals surface area contributed by atoms with Crippen LogP contribution in [0.2, 0.25) is 0 Å². The minimum absolute atomic E-state index is 0.0252. The minimum atomic E-state index is -4.91. The summed E-state index contributed by atoms with van der Waals surface area (Å²) in [6, 6.07) is 18.7. The first-order chi connectivity index (χ1) is 26.1. The number of amides is 2. The highest BCUT2D eigenvalue weighted by Crippen LogP contribution is 2.33. The zero-order valence-corrected chi connectivity index (χ0v) is 31.0. The van der Waals surface area contributed by atoms with Crippen LogP contribution in [0, 0.1) is 5.82 Å². The van der Waals surface area contributed by atoms with Gasteiger partial charge in [-0.05, 0) is 113 Å². The van der Waals surface area contributed by atoms with E-state index in [4.69, 9.17) is 14.5 Å². The van der Waals surface area contributed by atoms with Crippen LogP contribution in [-0.2, 0) is 28.7 Å². The first-order valence-electron chi connectivity index (χ1n) is 17.9. The molecule has 5 aromatic rings. The number of hydrogen-bond donors (Lipinski definition) is 1. The van der Waals surface area contributed by atoms with Crippen LogP contribution in [0.5, 0.6) is 5.75 Å². The number of carbonyl (C=O) groups excluding carboxylic acids is 2. The van der Waals surface area contributed by atoms with E-state index < -0.39 is 47.6 Å². The van der Waals surface area contributed by atoms with E-state index >= 15 is 0 Å². The second kappa shape index (κ2) is 17.6. The standard InChI is InChI=1S/C41H43F4N5O5/c1-5-54-30-18-16-29(17-19-30)50-37(48-34-13-7-6-12-31(34)38(50)52)35(14-8-9-22-47-39(53)55-40(2,3)4)49(26-28-11-10-21-46-25-28)36(51)24-27-15-20-32(33(42)23-27)41(43,44)45/h6-7,10-13,15-21,23,25,35H,5,8-9,14,22,24,26H2,1-4H3,(H,47,53). The number of para-hydroxylation sites is 1. The van der Waals surface area contributed by atoms with Gasteiger partial charge < -0.3 is 19.7 Å². The zero-order chi connectivity index (χ0) is 39.8. The van der Waals surface area contributed by atoms with E-state index in [1.807, 2.05) is 6.92 Å². The van der Waals surface area contributed by atoms with Gasteiger partial charge in [0.15, 0.2) is 0 Å². The number of carbonyl (C=O) groups is 2. The summed E-state index contributed by atoms with van der Waals surface area (Å²) in [5.41, 5.74) is -1.01. The molecule has 2 heterocycles. The van der Waals surface area contributed by atoms with Crippen molar-refractivity contribution < 1.29 is 36.6 Å². The van der Waals surface area contributed by atoms with Crippen LogP contribution < -0.4 is 15.6 Å². The molecule has 0 saturated heterocycles. The van der Waals surface area contributed by atoms with Crippen molar-refractivity contribution in [3.63, 3.8) is 0 Å². The number of rotatable bonds is 14. The van der Waals surface area contributed by atoms with Crippen LogP contribution in [0.15, 0.2) is 96.1 Å². The lowest BCUT2D eigenvalue weighted by Gasteiger charge is -2.33. The molecule has 0 aliphatic carbocycles. The van der Waals surface area contributed by atoms with Crippen molar-refractivity contribution in [1.29, 1.82) is 0 Å². The fourth-order valence-electron chi connectivity index (χ4n) is 6.11. The van der Waals surface area contributed by atoms with E-state index in [-0.39, 0.29) is 36.5 Å². The number of ether oxygens (including phenoxy) is 2. The fourth-order valence-corrected chi connectivity index (χ4v) is 6.11. The zero-order valence-electron chi connectivity index (χ0n) is 31.0. The van der Waals surface area contributed by atoms with Gasteiger partial charge >= 0.3 is 12.3 Å². The quantitative estimate of drug-likeness (QED) is 0.0894. The maximum Gasteiger partial charge on any atom is 0.419 e. The summed E-state index contributed by atoms with van der Waals surface area (Å²) < 4.78 is 67.3. The maximum absolute atomic E-state index is 14.7. The Morgan fingerprint density at radius 2 is 1.69 bits per heavy atom. The van der Waals surface area contributed by atoms with Crippen molar-refractivity contribution in [1.82, 2.24) is 24.8 Å². The molecule has 0 fully saturated rings. The number of unbranched alkanes of at least 4 members (excludes halogenated alkanes) is 1. The molecule has 14 heteroatoms. The molecule has 2 amide bonds. The molecule has 0 aliphatic heterocycles. The molecule has 10 nitrogen and oxygen atoms in total. The van der Waals surface area contributed by atoms with Gasteiger partial charge in [0.1, 0.15) is 23.0 Å². The van der Waals surface area contributed by atoms with Crippen LogP contribution in [0.3, 0.4) is 0 Å². The molecule has 1 unspecified atom stereocenters. The largest absolute Gasteiger partial charge is 0.494 e. The molecule has 0 aliphatic rings. The molecule has 290 valence electrons. The van der Waals surface area contributed by atoms with Crippen molar-refractivity contribution in [3.05, 3.63) is 130 Å². The van der Waals surface area contributed by atoms with Gasteiger partial charge in [-0.15, -0.1) is 0 Å². The summed E-state index contributed by atoms with van der Waals surface area (Å²) in [4.78, 5) is 51.9. The van der Waals surface area contributed by atoms with E-state index in [1.54, 1.807) is 93.8 Å². The summed E-state index contributed by atoms with van der Waals surface area (Å²) in [6.45, 7) is 7.77. The molecule has 0 radical (unpaired) electrons. The molecule has 2 aromatic heterocycles. The Labute approximate surface area is 316 Å². The fraction of sp³-hybridized carbons (Fsp3) is 0.341. The van der Waals surface area contributed by atoms with Gasteiger partial charge in [-0.2, -0.15) is 13.2 Å². The predicted molar refractivity (Wildman–Crippen MR) is 199 cm³/mol. The number of nitrogens with zero attached hydrogens (tertiary/aromatic N) is 4. The minimum Gasteiger partial charge on any atom is -0.494 e. The van der Waals surface area contributed by atoms with Gasteiger partial charge in [0.2, 0.25) is 5.91 Å². The lowest BCUT2D eigenvalue weighted by Crippen LogP contribution is -2.39. The molecule has 1 N–H and O–H groups in total. The van der Waals surface area contributed by atoms with E-state index in [0.29, 0.717) is 59.5 Å². The highest BCUT2D eigenvalue weighted by atomic mass is 19.4. The van der Waals surface area contributed by atoms with Gasteiger partial charge in [-0.25, -0.2) is 14.2 Å². The number of nitrogens with one attached hydrogen (secondary N) is 1. The average molecular weight is 762 g/mol. The third-order valence-electron chi connectivity index (χ3n) is 8.54. The van der Waals surface area contributed by atoms with E-state index in [0.717, 1.165) is 6.07 Å². The molecule has 0 bridgehead atoms. The van der Waals surface area contributed by atoms with Gasteiger partial charge in [0, 0.05) is 25.5 Å². The molecule has 5 rings (SSSR count). The van der Waals surface area contributed by atoms with Gasteiger partial charge in [0.25, 0.3) is 5.56 Å². The Morgan fingerprint density at radius 1 is 0.945 bits per heavy atom. The normalized spacial score (nSPS) is 12.3. The summed E-state index contributed by atoms with van der Waals surface area (Å²) in [6.07, 6.45) is -1.67. The number of benzene rings is 3. The molecular weight excluding hydrogens is 718 g/mol. The Kier molecular flexibility index (Phi) is 12.9. The van der Waals surface area contributed by atoms with Gasteiger partial charge in [0.05, 0.1) is 41.2 Å². The Bertz CT molecular complexity index is 2150. The number of fused-ring (bicyclic) bond motifs is 1. The van der Waals surface area contributed by atoms with Crippen LogP contribution in [0.25, 0.3) is 16.6 Å². The number of aromatic nitrogens is 3. The molecule has 55 heavy (non-hydrogen) atoms. The third kappa shape index (κ3) is 10.7. The first-order valence-corrected chi connectivity index (χ1v) is 17.9. The highest BCUT2D eigenvalue weighted by Gasteiger charge is 2.35. The van der Waals surface area contributed by atoms with Crippen molar-refractivity contribution in [2.45, 2.75) is 77.7 Å². The monoisotopic (exact) mass is 761 g/mol. The molecular formula is C41H43F4N5O5. The van der Waals surface area contributed by atoms with E-state index in [1.165, 1.54) is 9.47 Å². The average Bonchev–Trinajstić information content (AvgIpc) is 3.12. The summed E-state index contributed by atoms with van der Waals surface area (Å²) in [5, 5.41) is 3.07. The maximum atomic E-state index is 14.7. The molecule has 0 saturated carbocycles. The second-order valence-corrected chi connectivity index (χ2v) is 13.9. The predicted octanol–water partition coefficient (Wildman–Crippen LogP) is 8.34. The highest BCUT2D eigenvalue weighted by molar-refractivity contribution is 5.80. The Hall–Kier alpha value is -5.79. The molecule has 1 atom stereocenters. The number of alkyl halides is 3. The SMILES string of the molecule is CCOc1ccc(-n2c(C(CCCCNC(=O)OC(C)(C)C)N(Cc3cccnc3)C(=O)Cc3ccc(C(F)(F)F)c(F)c3)nc3ccccc3c2=O)cc1. The molecule has 0 spiro atoms. The van der Waals surface area contributed by atoms with E-state index in [9.17, 15) is 31.9 Å². The third-order valence-corrected chi connectivity index (χ3v) is 8.54. The smallest absolute Gasteiger partial charge is 0.419 e. The Morgan fingerprint density at radius 3 is 2.35 bits per heavy atom. The Balaban J connectivity index is 1.62. The van der Waals surface area contributed by atoms with E-state index in [2.05, 4.69) is 10.3 Å². The first kappa shape index (κ1) is 40.4. The lowest BCUT2D eigenvalue weighted by atomic mass is 10.0. The number of alkyl carbamates (subject to hydrolysis) is 1. The van der Waals surface area contributed by atoms with Crippen LogP contribution in [0.4, 0.5) is 22.4 Å². The number of hydrogen-bond acceptors (Lipinski definition) is 7. The van der Waals surface area contributed by atoms with Crippen molar-refractivity contribution in [3.8, 4) is 11.4 Å². The van der Waals surface area contributed by atoms with Gasteiger partial charge in [-0.1, -0.05) is 24.3 Å². The van der Waals surface area contributed by atoms with Gasteiger partial charge in [-0.3, -0.25) is 19.1 Å². The second-order valence-electron chi connectivity index (χ2n) is 13.9. The lowest BCUT2D eigenvalue weighted by molar-refractivity contribution is -0.140. The van der Waals surface area contributed by atoms with Crippen molar-refractivity contribution in [2.75, 3.05) is 13.2 Å². The van der Waals surface area contributed by atoms with Crippen LogP contribution in [0.1, 0.15) is 75.5 Å². The van der Waals surface area contributed by atoms with Crippen LogP contribution in [-0.4, -0.2) is 50.2 Å². The topological polar surface area (TPSA) is 116 Å². The summed E-state index contributed by atoms with van der Waals surface area (Å²) >= 11 is 0. The number of halogens is 4. The summed E-state index contributed by atoms with van der Waals surface area (Å²) in [7, 11) is 0. The molecule has 3 aromatic carbocycles. The van der Waals surface area contributed by atoms with Crippen molar-refractivity contribution >= 4 is 22.9 Å². The summed E-state index contributed by atoms with van der Waals surface area (Å²) in [5.74, 6) is -1.24. The van der Waals surface area contributed by atoms with Crippen LogP contribution >= 0.6 is 0 Å². The van der Waals surface area contributed by atoms with Crippen molar-refractivity contribution in [2.24, 2.45) is 0 Å².